The largest absolute Gasteiger partial charge is 0.376 e. The van der Waals surface area contributed by atoms with Crippen molar-refractivity contribution in [3.8, 4) is 0 Å². The Morgan fingerprint density at radius 3 is 3.00 bits per heavy atom. The van der Waals surface area contributed by atoms with E-state index in [-0.39, 0.29) is 0 Å². The van der Waals surface area contributed by atoms with Crippen LogP contribution in [0.1, 0.15) is 12.8 Å². The maximum atomic E-state index is 5.45. The molecule has 3 N–H and O–H groups in total. The molecular weight excluding hydrogens is 146 g/mol. The SMILES string of the molecule is NC(=S)N1CCCCNC1. The van der Waals surface area contributed by atoms with Gasteiger partial charge in [-0.2, -0.15) is 0 Å². The van der Waals surface area contributed by atoms with Crippen molar-refractivity contribution >= 4 is 17.3 Å². The highest BCUT2D eigenvalue weighted by atomic mass is 32.1. The van der Waals surface area contributed by atoms with Crippen LogP contribution in [0.25, 0.3) is 0 Å². The molecule has 58 valence electrons. The van der Waals surface area contributed by atoms with Crippen LogP contribution in [0.4, 0.5) is 0 Å². The first-order valence-corrected chi connectivity index (χ1v) is 3.96. The van der Waals surface area contributed by atoms with Crippen molar-refractivity contribution in [2.75, 3.05) is 19.8 Å². The van der Waals surface area contributed by atoms with E-state index in [1.54, 1.807) is 0 Å². The lowest BCUT2D eigenvalue weighted by molar-refractivity contribution is 0.416. The van der Waals surface area contributed by atoms with Gasteiger partial charge in [-0.1, -0.05) is 0 Å². The normalized spacial score (nSPS) is 20.2. The van der Waals surface area contributed by atoms with Gasteiger partial charge in [0.25, 0.3) is 0 Å². The Kier molecular flexibility index (Phi) is 2.89. The van der Waals surface area contributed by atoms with Crippen molar-refractivity contribution < 1.29 is 0 Å². The molecule has 0 aliphatic carbocycles. The minimum absolute atomic E-state index is 0.509. The van der Waals surface area contributed by atoms with Gasteiger partial charge in [-0.05, 0) is 31.6 Å². The van der Waals surface area contributed by atoms with Crippen LogP contribution in [0, 0.1) is 0 Å². The van der Waals surface area contributed by atoms with Gasteiger partial charge in [-0.3, -0.25) is 5.32 Å². The Morgan fingerprint density at radius 2 is 2.30 bits per heavy atom. The van der Waals surface area contributed by atoms with Gasteiger partial charge >= 0.3 is 0 Å². The summed E-state index contributed by atoms with van der Waals surface area (Å²) in [5.41, 5.74) is 5.45. The predicted octanol–water partition coefficient (Wildman–Crippen LogP) is -0.127. The molecule has 1 aliphatic rings. The second-order valence-electron chi connectivity index (χ2n) is 2.47. The Hall–Kier alpha value is -0.350. The highest BCUT2D eigenvalue weighted by Gasteiger charge is 2.07. The van der Waals surface area contributed by atoms with E-state index < -0.39 is 0 Å². The van der Waals surface area contributed by atoms with E-state index >= 15 is 0 Å². The molecule has 1 rings (SSSR count). The molecule has 0 aromatic carbocycles. The number of nitrogens with two attached hydrogens (primary N) is 1. The van der Waals surface area contributed by atoms with Crippen LogP contribution >= 0.6 is 12.2 Å². The zero-order chi connectivity index (χ0) is 7.40. The van der Waals surface area contributed by atoms with E-state index in [1.807, 2.05) is 4.90 Å². The Bertz CT molecular complexity index is 118. The minimum atomic E-state index is 0.509. The first kappa shape index (κ1) is 7.75. The molecule has 1 aliphatic heterocycles. The quantitative estimate of drug-likeness (QED) is 0.483. The topological polar surface area (TPSA) is 41.3 Å². The fourth-order valence-electron chi connectivity index (χ4n) is 1.03. The summed E-state index contributed by atoms with van der Waals surface area (Å²) in [7, 11) is 0. The van der Waals surface area contributed by atoms with Crippen LogP contribution in [0.3, 0.4) is 0 Å². The first-order valence-electron chi connectivity index (χ1n) is 3.56. The fraction of sp³-hybridized carbons (Fsp3) is 0.833. The molecule has 1 saturated heterocycles. The predicted molar refractivity (Wildman–Crippen MR) is 45.6 cm³/mol. The Morgan fingerprint density at radius 1 is 1.50 bits per heavy atom. The van der Waals surface area contributed by atoms with Crippen molar-refractivity contribution in [3.63, 3.8) is 0 Å². The van der Waals surface area contributed by atoms with Gasteiger partial charge in [0, 0.05) is 6.54 Å². The molecular formula is C6H13N3S. The fourth-order valence-corrected chi connectivity index (χ4v) is 1.19. The number of nitrogens with zero attached hydrogens (tertiary/aromatic N) is 1. The smallest absolute Gasteiger partial charge is 0.167 e. The molecule has 0 bridgehead atoms. The molecule has 1 fully saturated rings. The number of thiocarbonyl (C=S) groups is 1. The van der Waals surface area contributed by atoms with Gasteiger partial charge in [-0.15, -0.1) is 0 Å². The van der Waals surface area contributed by atoms with Gasteiger partial charge in [0.2, 0.25) is 0 Å². The molecule has 1 heterocycles. The molecule has 0 aromatic heterocycles. The van der Waals surface area contributed by atoms with E-state index in [1.165, 1.54) is 12.8 Å². The van der Waals surface area contributed by atoms with Crippen molar-refractivity contribution in [3.05, 3.63) is 0 Å². The summed E-state index contributed by atoms with van der Waals surface area (Å²) in [5.74, 6) is 0. The third-order valence-electron chi connectivity index (χ3n) is 1.65. The number of nitrogens with one attached hydrogen (secondary N) is 1. The van der Waals surface area contributed by atoms with E-state index in [0.29, 0.717) is 5.11 Å². The summed E-state index contributed by atoms with van der Waals surface area (Å²) in [5, 5.41) is 3.75. The van der Waals surface area contributed by atoms with Crippen molar-refractivity contribution in [2.45, 2.75) is 12.8 Å². The molecule has 4 heteroatoms. The number of hydrogen-bond donors (Lipinski definition) is 2. The maximum absolute atomic E-state index is 5.45. The molecule has 0 saturated carbocycles. The zero-order valence-electron chi connectivity index (χ0n) is 5.97. The Balaban J connectivity index is 2.35. The van der Waals surface area contributed by atoms with E-state index in [4.69, 9.17) is 18.0 Å². The summed E-state index contributed by atoms with van der Waals surface area (Å²) in [6.45, 7) is 2.90. The summed E-state index contributed by atoms with van der Waals surface area (Å²) < 4.78 is 0. The van der Waals surface area contributed by atoms with Gasteiger partial charge in [0.15, 0.2) is 5.11 Å². The molecule has 3 nitrogen and oxygen atoms in total. The van der Waals surface area contributed by atoms with E-state index in [0.717, 1.165) is 19.8 Å². The zero-order valence-corrected chi connectivity index (χ0v) is 6.78. The second-order valence-corrected chi connectivity index (χ2v) is 2.89. The minimum Gasteiger partial charge on any atom is -0.376 e. The van der Waals surface area contributed by atoms with Gasteiger partial charge in [-0.25, -0.2) is 0 Å². The molecule has 0 spiro atoms. The summed E-state index contributed by atoms with van der Waals surface area (Å²) >= 11 is 4.84. The third-order valence-corrected chi connectivity index (χ3v) is 1.90. The number of hydrogen-bond acceptors (Lipinski definition) is 2. The number of rotatable bonds is 0. The molecule has 0 amide bonds. The molecule has 10 heavy (non-hydrogen) atoms. The van der Waals surface area contributed by atoms with E-state index in [2.05, 4.69) is 5.32 Å². The second kappa shape index (κ2) is 3.73. The lowest BCUT2D eigenvalue weighted by Gasteiger charge is -2.19. The summed E-state index contributed by atoms with van der Waals surface area (Å²) in [6.07, 6.45) is 2.41. The maximum Gasteiger partial charge on any atom is 0.167 e. The lowest BCUT2D eigenvalue weighted by Crippen LogP contribution is -2.40. The van der Waals surface area contributed by atoms with Crippen molar-refractivity contribution in [2.24, 2.45) is 5.73 Å². The van der Waals surface area contributed by atoms with Crippen LogP contribution in [0.15, 0.2) is 0 Å². The molecule has 0 atom stereocenters. The van der Waals surface area contributed by atoms with Gasteiger partial charge in [0.1, 0.15) is 0 Å². The van der Waals surface area contributed by atoms with Crippen LogP contribution in [-0.2, 0) is 0 Å². The molecule has 0 unspecified atom stereocenters. The van der Waals surface area contributed by atoms with Crippen LogP contribution in [-0.4, -0.2) is 29.8 Å². The van der Waals surface area contributed by atoms with Crippen molar-refractivity contribution in [1.29, 1.82) is 0 Å². The highest BCUT2D eigenvalue weighted by molar-refractivity contribution is 7.80. The molecule has 0 aromatic rings. The first-order chi connectivity index (χ1) is 4.80. The van der Waals surface area contributed by atoms with Gasteiger partial charge in [0.05, 0.1) is 6.67 Å². The average molecular weight is 159 g/mol. The highest BCUT2D eigenvalue weighted by Crippen LogP contribution is 1.97. The third kappa shape index (κ3) is 2.11. The van der Waals surface area contributed by atoms with Gasteiger partial charge < -0.3 is 10.6 Å². The van der Waals surface area contributed by atoms with Crippen LogP contribution in [0.2, 0.25) is 0 Å². The van der Waals surface area contributed by atoms with Crippen LogP contribution < -0.4 is 11.1 Å². The molecule has 0 radical (unpaired) electrons. The monoisotopic (exact) mass is 159 g/mol. The lowest BCUT2D eigenvalue weighted by atomic mass is 10.3. The average Bonchev–Trinajstić information content (AvgIpc) is 2.12. The Labute approximate surface area is 66.6 Å². The van der Waals surface area contributed by atoms with Crippen LogP contribution in [0.5, 0.6) is 0 Å². The van der Waals surface area contributed by atoms with Crippen molar-refractivity contribution in [1.82, 2.24) is 10.2 Å². The standard InChI is InChI=1S/C6H13N3S/c7-6(10)9-4-2-1-3-8-5-9/h8H,1-5H2,(H2,7,10). The summed E-state index contributed by atoms with van der Waals surface area (Å²) in [4.78, 5) is 1.99. The van der Waals surface area contributed by atoms with E-state index in [9.17, 15) is 0 Å². The summed E-state index contributed by atoms with van der Waals surface area (Å²) in [6, 6.07) is 0.